The van der Waals surface area contributed by atoms with Crippen LogP contribution in [0.25, 0.3) is 16.1 Å². The van der Waals surface area contributed by atoms with Crippen molar-refractivity contribution in [3.8, 4) is 10.6 Å². The molecule has 0 aromatic carbocycles. The van der Waals surface area contributed by atoms with Gasteiger partial charge in [0.1, 0.15) is 16.4 Å². The Morgan fingerprint density at radius 2 is 1.73 bits per heavy atom. The Balaban J connectivity index is 1.62. The van der Waals surface area contributed by atoms with Crippen molar-refractivity contribution in [2.24, 2.45) is 0 Å². The number of fused-ring (bicyclic) bond motifs is 1. The molecule has 5 rings (SSSR count). The van der Waals surface area contributed by atoms with Crippen LogP contribution in [0.1, 0.15) is 45.5 Å². The van der Waals surface area contributed by atoms with E-state index < -0.39 is 27.3 Å². The van der Waals surface area contributed by atoms with Crippen LogP contribution < -0.4 is 4.90 Å². The van der Waals surface area contributed by atoms with Gasteiger partial charge in [0.25, 0.3) is 10.0 Å². The fraction of sp³-hybridized carbons (Fsp3) is 0.577. The van der Waals surface area contributed by atoms with E-state index in [1.165, 1.54) is 22.3 Å². The highest BCUT2D eigenvalue weighted by molar-refractivity contribution is 7.89. The lowest BCUT2D eigenvalue weighted by atomic mass is 10.2. The van der Waals surface area contributed by atoms with E-state index in [-0.39, 0.29) is 10.9 Å². The van der Waals surface area contributed by atoms with Crippen molar-refractivity contribution in [2.75, 3.05) is 45.2 Å². The highest BCUT2D eigenvalue weighted by atomic mass is 32.2. The van der Waals surface area contributed by atoms with Gasteiger partial charge in [-0.15, -0.1) is 10.2 Å². The molecule has 3 amide bonds. The van der Waals surface area contributed by atoms with E-state index in [0.717, 1.165) is 9.31 Å². The Morgan fingerprint density at radius 1 is 1.07 bits per heavy atom. The van der Waals surface area contributed by atoms with Crippen LogP contribution in [0.5, 0.6) is 0 Å². The summed E-state index contributed by atoms with van der Waals surface area (Å²) in [6.07, 6.45) is 1.84. The molecule has 1 saturated carbocycles. The monoisotopic (exact) mass is 604 g/mol. The quantitative estimate of drug-likeness (QED) is 0.429. The largest absolute Gasteiger partial charge is 0.443 e. The fourth-order valence-corrected chi connectivity index (χ4v) is 7.23. The predicted molar refractivity (Wildman–Crippen MR) is 155 cm³/mol. The maximum absolute atomic E-state index is 14.3. The maximum Gasteiger partial charge on any atom is 0.424 e. The first-order chi connectivity index (χ1) is 19.1. The van der Waals surface area contributed by atoms with Crippen LogP contribution in [0, 0.1) is 6.92 Å². The molecule has 2 aliphatic rings. The van der Waals surface area contributed by atoms with Crippen molar-refractivity contribution in [2.45, 2.75) is 63.5 Å². The number of nitrogens with zero attached hydrogens (tertiary/aromatic N) is 8. The molecule has 0 spiro atoms. The number of anilines is 1. The van der Waals surface area contributed by atoms with Gasteiger partial charge in [0.15, 0.2) is 5.01 Å². The summed E-state index contributed by atoms with van der Waals surface area (Å²) in [5.41, 5.74) is -0.584. The van der Waals surface area contributed by atoms with Gasteiger partial charge in [-0.25, -0.2) is 22.5 Å². The second-order valence-corrected chi connectivity index (χ2v) is 14.9. The van der Waals surface area contributed by atoms with Gasteiger partial charge in [0.2, 0.25) is 0 Å². The molecule has 0 atom stereocenters. The zero-order chi connectivity index (χ0) is 29.9. The van der Waals surface area contributed by atoms with Gasteiger partial charge in [-0.1, -0.05) is 11.3 Å². The third-order valence-electron chi connectivity index (χ3n) is 7.15. The van der Waals surface area contributed by atoms with Gasteiger partial charge in [-0.2, -0.15) is 9.40 Å². The molecule has 2 fully saturated rings. The summed E-state index contributed by atoms with van der Waals surface area (Å²) in [5.74, 6) is 0.538. The highest BCUT2D eigenvalue weighted by Crippen LogP contribution is 2.45. The van der Waals surface area contributed by atoms with E-state index in [4.69, 9.17) is 4.74 Å². The summed E-state index contributed by atoms with van der Waals surface area (Å²) < 4.78 is 36.8. The minimum atomic E-state index is -4.34. The zero-order valence-electron chi connectivity index (χ0n) is 24.4. The summed E-state index contributed by atoms with van der Waals surface area (Å²) in [5, 5.41) is 14.4. The number of ether oxygens (including phenoxy) is 1. The lowest BCUT2D eigenvalue weighted by Gasteiger charge is -2.37. The number of sulfonamides is 1. The van der Waals surface area contributed by atoms with Gasteiger partial charge in [0.05, 0.1) is 27.7 Å². The highest BCUT2D eigenvalue weighted by Gasteiger charge is 2.53. The number of pyridine rings is 1. The number of piperazine rings is 1. The lowest BCUT2D eigenvalue weighted by Crippen LogP contribution is -2.52. The van der Waals surface area contributed by atoms with E-state index in [2.05, 4.69) is 15.3 Å². The van der Waals surface area contributed by atoms with Gasteiger partial charge in [-0.05, 0) is 53.5 Å². The maximum atomic E-state index is 14.3. The molecule has 1 aliphatic heterocycles. The average molecular weight is 605 g/mol. The van der Waals surface area contributed by atoms with E-state index in [1.807, 2.05) is 11.8 Å². The number of urea groups is 1. The second-order valence-electron chi connectivity index (χ2n) is 11.9. The molecule has 0 radical (unpaired) electrons. The van der Waals surface area contributed by atoms with Crippen LogP contribution in [0.4, 0.5) is 15.4 Å². The first kappa shape index (κ1) is 29.0. The molecule has 1 aliphatic carbocycles. The number of rotatable bonds is 5. The van der Waals surface area contributed by atoms with Gasteiger partial charge < -0.3 is 19.4 Å². The van der Waals surface area contributed by atoms with Crippen molar-refractivity contribution in [3.05, 3.63) is 23.3 Å². The number of aromatic nitrogens is 4. The first-order valence-electron chi connectivity index (χ1n) is 13.4. The van der Waals surface area contributed by atoms with Gasteiger partial charge in [0, 0.05) is 46.3 Å². The molecule has 41 heavy (non-hydrogen) atoms. The Hall–Kier alpha value is -3.46. The standard InChI is InChI=1S/C26H36N8O5S2/c1-17-28-29-22(40-17)19-16-27-33-20(19)14-18(15-21(33)31-10-12-32(13-11-31)23(35)30(6)7)41(37,38)34(26(5)8-9-26)24(36)39-25(2,3)4/h14-16H,8-13H2,1-7H3. The molecule has 0 unspecified atom stereocenters. The predicted octanol–water partition coefficient (Wildman–Crippen LogP) is 3.44. The Morgan fingerprint density at radius 3 is 2.27 bits per heavy atom. The minimum Gasteiger partial charge on any atom is -0.443 e. The van der Waals surface area contributed by atoms with Crippen LogP contribution in [0.15, 0.2) is 23.2 Å². The summed E-state index contributed by atoms with van der Waals surface area (Å²) >= 11 is 1.38. The molecule has 222 valence electrons. The van der Waals surface area contributed by atoms with Crippen LogP contribution in [-0.4, -0.2) is 106 Å². The van der Waals surface area contributed by atoms with Gasteiger partial charge in [-0.3, -0.25) is 0 Å². The summed E-state index contributed by atoms with van der Waals surface area (Å²) in [6.45, 7) is 10.6. The number of hydrogen-bond acceptors (Lipinski definition) is 10. The lowest BCUT2D eigenvalue weighted by molar-refractivity contribution is 0.0331. The molecule has 0 N–H and O–H groups in total. The Labute approximate surface area is 243 Å². The molecule has 15 heteroatoms. The summed E-state index contributed by atoms with van der Waals surface area (Å²) in [4.78, 5) is 31.1. The van der Waals surface area contributed by atoms with Gasteiger partial charge >= 0.3 is 12.1 Å². The number of aryl methyl sites for hydroxylation is 1. The zero-order valence-corrected chi connectivity index (χ0v) is 26.0. The minimum absolute atomic E-state index is 0.0474. The molecular weight excluding hydrogens is 568 g/mol. The topological polar surface area (TPSA) is 134 Å². The molecule has 3 aromatic heterocycles. The SMILES string of the molecule is Cc1nnc(-c2cnn3c(N4CCN(C(=O)N(C)C)CC4)cc(S(=O)(=O)N(C(=O)OC(C)(C)C)C4(C)CC4)cc23)s1. The number of carbonyl (C=O) groups excluding carboxylic acids is 2. The Kier molecular flexibility index (Phi) is 7.17. The van der Waals surface area contributed by atoms with Crippen molar-refractivity contribution in [1.29, 1.82) is 0 Å². The third kappa shape index (κ3) is 5.56. The summed E-state index contributed by atoms with van der Waals surface area (Å²) in [7, 11) is -0.916. The van der Waals surface area contributed by atoms with E-state index >= 15 is 0 Å². The van der Waals surface area contributed by atoms with Crippen LogP contribution in [0.3, 0.4) is 0 Å². The van der Waals surface area contributed by atoms with Crippen molar-refractivity contribution >= 4 is 44.8 Å². The molecule has 0 bridgehead atoms. The first-order valence-corrected chi connectivity index (χ1v) is 15.7. The Bertz CT molecular complexity index is 1600. The number of amides is 3. The van der Waals surface area contributed by atoms with Crippen LogP contribution in [-0.2, 0) is 14.8 Å². The second kappa shape index (κ2) is 10.1. The summed E-state index contributed by atoms with van der Waals surface area (Å²) in [6, 6.07) is 3.01. The van der Waals surface area contributed by atoms with Crippen LogP contribution in [0.2, 0.25) is 0 Å². The molecular formula is C26H36N8O5S2. The van der Waals surface area contributed by atoms with E-state index in [9.17, 15) is 18.0 Å². The molecule has 1 saturated heterocycles. The van der Waals surface area contributed by atoms with Crippen molar-refractivity contribution in [3.63, 3.8) is 0 Å². The van der Waals surface area contributed by atoms with E-state index in [0.29, 0.717) is 60.9 Å². The fourth-order valence-electron chi connectivity index (χ4n) is 4.80. The molecule has 13 nitrogen and oxygen atoms in total. The average Bonchev–Trinajstić information content (AvgIpc) is 3.26. The van der Waals surface area contributed by atoms with E-state index in [1.54, 1.807) is 63.5 Å². The normalized spacial score (nSPS) is 17.0. The third-order valence-corrected chi connectivity index (χ3v) is 9.92. The molecule has 3 aromatic rings. The van der Waals surface area contributed by atoms with Crippen molar-refractivity contribution in [1.82, 2.24) is 33.9 Å². The number of hydrogen-bond donors (Lipinski definition) is 0. The van der Waals surface area contributed by atoms with Crippen LogP contribution >= 0.6 is 11.3 Å². The van der Waals surface area contributed by atoms with Crippen molar-refractivity contribution < 1.29 is 22.7 Å². The number of carbonyl (C=O) groups is 2. The molecule has 4 heterocycles. The smallest absolute Gasteiger partial charge is 0.424 e.